The van der Waals surface area contributed by atoms with Crippen molar-refractivity contribution in [2.75, 3.05) is 24.6 Å². The highest BCUT2D eigenvalue weighted by Gasteiger charge is 2.32. The van der Waals surface area contributed by atoms with Gasteiger partial charge in [0.2, 0.25) is 0 Å². The summed E-state index contributed by atoms with van der Waals surface area (Å²) in [4.78, 5) is 0. The minimum absolute atomic E-state index is 0.471. The van der Waals surface area contributed by atoms with E-state index in [4.69, 9.17) is 0 Å². The van der Waals surface area contributed by atoms with Crippen molar-refractivity contribution in [2.24, 2.45) is 5.92 Å². The predicted octanol–water partition coefficient (Wildman–Crippen LogP) is 8.35. The van der Waals surface area contributed by atoms with Crippen molar-refractivity contribution in [1.29, 1.82) is 0 Å². The topological polar surface area (TPSA) is 20.2 Å². The maximum Gasteiger partial charge on any atom is 0.0806 e. The summed E-state index contributed by atoms with van der Waals surface area (Å²) in [5, 5.41) is 10.7. The first kappa shape index (κ1) is 27.8. The van der Waals surface area contributed by atoms with E-state index in [1.165, 1.54) is 102 Å². The van der Waals surface area contributed by atoms with Gasteiger partial charge in [-0.2, -0.15) is 0 Å². The molecule has 0 saturated carbocycles. The first-order valence-electron chi connectivity index (χ1n) is 12.3. The molecule has 27 heavy (non-hydrogen) atoms. The average Bonchev–Trinajstić information content (AvgIpc) is 2.67. The van der Waals surface area contributed by atoms with Gasteiger partial charge in [0.05, 0.1) is 30.0 Å². The first-order valence-corrected chi connectivity index (χ1v) is 15.4. The van der Waals surface area contributed by atoms with Crippen LogP contribution in [-0.4, -0.2) is 35.1 Å². The van der Waals surface area contributed by atoms with E-state index in [0.717, 1.165) is 6.42 Å². The molecule has 164 valence electrons. The van der Waals surface area contributed by atoms with E-state index in [1.807, 2.05) is 0 Å². The molecule has 0 rings (SSSR count). The molecule has 0 saturated heterocycles. The maximum absolute atomic E-state index is 11.2. The molecule has 1 nitrogen and oxygen atoms in total. The van der Waals surface area contributed by atoms with Crippen LogP contribution in [0.25, 0.3) is 0 Å². The highest BCUT2D eigenvalue weighted by molar-refractivity contribution is 7.75. The molecule has 0 aliphatic carbocycles. The zero-order chi connectivity index (χ0) is 20.6. The molecule has 0 aromatic carbocycles. The molecule has 0 amide bonds. The minimum atomic E-state index is -0.663. The minimum Gasteiger partial charge on any atom is -0.386 e. The van der Waals surface area contributed by atoms with Gasteiger partial charge in [-0.1, -0.05) is 65.2 Å². The van der Waals surface area contributed by atoms with Crippen molar-refractivity contribution in [3.05, 3.63) is 0 Å². The summed E-state index contributed by atoms with van der Waals surface area (Å²) in [6.07, 6.45) is 22.1. The van der Waals surface area contributed by atoms with Crippen LogP contribution < -0.4 is 0 Å². The van der Waals surface area contributed by atoms with E-state index in [9.17, 15) is 5.11 Å². The average molecular weight is 420 g/mol. The fourth-order valence-electron chi connectivity index (χ4n) is 4.48. The summed E-state index contributed by atoms with van der Waals surface area (Å²) < 4.78 is 0. The van der Waals surface area contributed by atoms with E-state index in [2.05, 4.69) is 43.9 Å². The second kappa shape index (κ2) is 16.6. The number of rotatable bonds is 19. The highest BCUT2D eigenvalue weighted by Crippen LogP contribution is 2.58. The van der Waals surface area contributed by atoms with Crippen LogP contribution in [0.3, 0.4) is 0 Å². The van der Waals surface area contributed by atoms with Crippen molar-refractivity contribution in [2.45, 2.75) is 123 Å². The molecule has 0 radical (unpaired) electrons. The number of aliphatic hydroxyl groups is 1. The fourth-order valence-corrected chi connectivity index (χ4v) is 8.21. The molecule has 0 aromatic heterocycles. The number of hydrogen-bond acceptors (Lipinski definition) is 1. The third kappa shape index (κ3) is 12.2. The van der Waals surface area contributed by atoms with Gasteiger partial charge in [-0.3, -0.25) is 0 Å². The Balaban J connectivity index is 4.55. The van der Waals surface area contributed by atoms with Gasteiger partial charge in [-0.15, -0.1) is 9.24 Å². The Morgan fingerprint density at radius 2 is 1.19 bits per heavy atom. The molecule has 0 fully saturated rings. The monoisotopic (exact) mass is 419 g/mol. The number of unbranched alkanes of at least 4 members (excludes halogenated alkanes) is 7. The van der Waals surface area contributed by atoms with Crippen LogP contribution in [0.5, 0.6) is 0 Å². The summed E-state index contributed by atoms with van der Waals surface area (Å²) in [5.74, 6) is 0.471. The molecule has 3 heteroatoms. The van der Waals surface area contributed by atoms with Crippen LogP contribution in [-0.2, 0) is 0 Å². The SMILES string of the molecule is CCCCCCC(CCCC[P+](CC)(CC)CC)C(O)(P)CCCCCC. The second-order valence-corrected chi connectivity index (χ2v) is 14.9. The van der Waals surface area contributed by atoms with Crippen molar-refractivity contribution in [1.82, 2.24) is 0 Å². The van der Waals surface area contributed by atoms with E-state index in [0.29, 0.717) is 5.92 Å². The van der Waals surface area contributed by atoms with Gasteiger partial charge in [0.25, 0.3) is 0 Å². The molecule has 0 aliphatic heterocycles. The van der Waals surface area contributed by atoms with Crippen molar-refractivity contribution >= 4 is 16.5 Å². The Kier molecular flexibility index (Phi) is 17.1. The van der Waals surface area contributed by atoms with Gasteiger partial charge in [0.15, 0.2) is 0 Å². The quantitative estimate of drug-likeness (QED) is 0.165. The van der Waals surface area contributed by atoms with Crippen LogP contribution in [0, 0.1) is 5.92 Å². The third-order valence-electron chi connectivity index (χ3n) is 6.99. The van der Waals surface area contributed by atoms with Crippen LogP contribution in [0.15, 0.2) is 0 Å². The Morgan fingerprint density at radius 1 is 0.704 bits per heavy atom. The summed E-state index contributed by atoms with van der Waals surface area (Å²) in [6, 6.07) is 0. The summed E-state index contributed by atoms with van der Waals surface area (Å²) in [5.41, 5.74) is 0. The molecule has 0 heterocycles. The van der Waals surface area contributed by atoms with Gasteiger partial charge >= 0.3 is 0 Å². The van der Waals surface area contributed by atoms with E-state index >= 15 is 0 Å². The van der Waals surface area contributed by atoms with E-state index in [-0.39, 0.29) is 0 Å². The molecular weight excluding hydrogens is 366 g/mol. The van der Waals surface area contributed by atoms with Gasteiger partial charge in [-0.25, -0.2) is 0 Å². The van der Waals surface area contributed by atoms with Crippen LogP contribution in [0.2, 0.25) is 0 Å². The molecular formula is C24H53OP2+. The lowest BCUT2D eigenvalue weighted by Gasteiger charge is -2.34. The standard InChI is InChI=1S/C24H53OP2/c1-6-11-13-15-19-23(24(25,26)21-17-14-12-7-2)20-16-18-22-27(8-3,9-4)10-5/h23,25H,6-22,26H2,1-5H3/q+1. The van der Waals surface area contributed by atoms with Crippen molar-refractivity contribution in [3.63, 3.8) is 0 Å². The summed E-state index contributed by atoms with van der Waals surface area (Å²) in [7, 11) is 2.20. The Labute approximate surface area is 175 Å². The van der Waals surface area contributed by atoms with Gasteiger partial charge in [-0.05, 0) is 58.8 Å². The Hall–Kier alpha value is 0.820. The molecule has 0 spiro atoms. The third-order valence-corrected chi connectivity index (χ3v) is 13.0. The van der Waals surface area contributed by atoms with Gasteiger partial charge in [0, 0.05) is 7.26 Å². The van der Waals surface area contributed by atoms with Gasteiger partial charge < -0.3 is 5.11 Å². The molecule has 0 bridgehead atoms. The maximum atomic E-state index is 11.2. The molecule has 1 N–H and O–H groups in total. The lowest BCUT2D eigenvalue weighted by Crippen LogP contribution is -2.31. The second-order valence-electron chi connectivity index (χ2n) is 8.86. The molecule has 3 atom stereocenters. The smallest absolute Gasteiger partial charge is 0.0806 e. The van der Waals surface area contributed by atoms with Crippen LogP contribution in [0.4, 0.5) is 0 Å². The highest BCUT2D eigenvalue weighted by atomic mass is 31.2. The summed E-state index contributed by atoms with van der Waals surface area (Å²) >= 11 is 0. The first-order chi connectivity index (χ1) is 12.9. The van der Waals surface area contributed by atoms with Gasteiger partial charge in [0.1, 0.15) is 0 Å². The van der Waals surface area contributed by atoms with E-state index in [1.54, 1.807) is 0 Å². The molecule has 0 aliphatic rings. The Morgan fingerprint density at radius 3 is 1.67 bits per heavy atom. The Bertz CT molecular complexity index is 318. The van der Waals surface area contributed by atoms with Crippen LogP contribution >= 0.6 is 16.5 Å². The molecule has 0 aromatic rings. The zero-order valence-electron chi connectivity index (χ0n) is 19.6. The van der Waals surface area contributed by atoms with E-state index < -0.39 is 12.6 Å². The van der Waals surface area contributed by atoms with Crippen molar-refractivity contribution in [3.8, 4) is 0 Å². The fraction of sp³-hybridized carbons (Fsp3) is 1.00. The molecule has 3 unspecified atom stereocenters. The normalized spacial score (nSPS) is 15.7. The largest absolute Gasteiger partial charge is 0.386 e. The zero-order valence-corrected chi connectivity index (χ0v) is 21.6. The number of hydrogen-bond donors (Lipinski definition) is 1. The summed E-state index contributed by atoms with van der Waals surface area (Å²) in [6.45, 7) is 11.8. The predicted molar refractivity (Wildman–Crippen MR) is 133 cm³/mol. The lowest BCUT2D eigenvalue weighted by molar-refractivity contribution is 0.0480. The van der Waals surface area contributed by atoms with Crippen LogP contribution in [0.1, 0.15) is 118 Å². The lowest BCUT2D eigenvalue weighted by atomic mass is 9.87. The van der Waals surface area contributed by atoms with Crippen molar-refractivity contribution < 1.29 is 5.11 Å².